The highest BCUT2D eigenvalue weighted by Crippen LogP contribution is 2.20. The number of benzene rings is 1. The third kappa shape index (κ3) is 19.1. The van der Waals surface area contributed by atoms with Crippen LogP contribution >= 0.6 is 0 Å². The highest BCUT2D eigenvalue weighted by Gasteiger charge is 2.34. The number of carbonyl (C=O) groups excluding carboxylic acids is 5. The van der Waals surface area contributed by atoms with Crippen molar-refractivity contribution in [3.05, 3.63) is 47.2 Å². The van der Waals surface area contributed by atoms with E-state index in [9.17, 15) is 34.3 Å². The maximum atomic E-state index is 13.3. The summed E-state index contributed by atoms with van der Waals surface area (Å²) in [6.45, 7) is 9.99. The third-order valence-corrected chi connectivity index (χ3v) is 8.55. The number of ether oxygens (including phenoxy) is 5. The molecule has 300 valence electrons. The monoisotopic (exact) mass is 750 g/mol. The molecule has 13 heteroatoms. The Hall–Kier alpha value is -3.97. The van der Waals surface area contributed by atoms with Crippen LogP contribution in [0.1, 0.15) is 143 Å². The Morgan fingerprint density at radius 1 is 0.604 bits per heavy atom. The van der Waals surface area contributed by atoms with E-state index in [-0.39, 0.29) is 37.2 Å². The molecule has 1 aromatic carbocycles. The molecular weight excluding hydrogens is 688 g/mol. The first-order valence-corrected chi connectivity index (χ1v) is 19.1. The second kappa shape index (κ2) is 27.6. The summed E-state index contributed by atoms with van der Waals surface area (Å²) >= 11 is 0. The molecule has 5 unspecified atom stereocenters. The molecule has 0 heterocycles. The molecule has 0 saturated heterocycles. The number of hydrogen-bond donors (Lipinski definition) is 2. The van der Waals surface area contributed by atoms with Crippen LogP contribution in [0.15, 0.2) is 41.7 Å². The van der Waals surface area contributed by atoms with Gasteiger partial charge in [-0.15, -0.1) is 0 Å². The minimum atomic E-state index is -1.50. The number of aliphatic hydroxyl groups is 1. The van der Waals surface area contributed by atoms with Crippen molar-refractivity contribution in [2.75, 3.05) is 0 Å². The van der Waals surface area contributed by atoms with E-state index in [0.717, 1.165) is 63.4 Å². The fourth-order valence-corrected chi connectivity index (χ4v) is 5.23. The first-order valence-electron chi connectivity index (χ1n) is 19.1. The zero-order valence-corrected chi connectivity index (χ0v) is 32.5. The molecule has 0 aliphatic rings. The standard InChI is InChI=1S/C40H62O13/c1-7-10-13-19-24-32(41)35(53-47)28(4)36(42)51-33(25-20-14-11-8-2)39(45)50-30(6)38(44)52-34(26-21-15-12-9-3)40(46)49-29(5)37(43)48-27-31-22-17-16-18-23-31/h16-18,22-23,29-30,32-34,41,47H,7-15,19-21,24-27H2,1-6H3/b35-28-. The van der Waals surface area contributed by atoms with Crippen molar-refractivity contribution in [2.24, 2.45) is 0 Å². The Balaban J connectivity index is 3.00. The Labute approximate surface area is 314 Å². The average molecular weight is 751 g/mol. The molecule has 0 fully saturated rings. The van der Waals surface area contributed by atoms with Crippen LogP contribution in [-0.2, 0) is 59.2 Å². The van der Waals surface area contributed by atoms with Crippen LogP contribution in [0.3, 0.4) is 0 Å². The molecule has 1 rings (SSSR count). The zero-order valence-electron chi connectivity index (χ0n) is 32.5. The van der Waals surface area contributed by atoms with E-state index in [1.165, 1.54) is 20.8 Å². The van der Waals surface area contributed by atoms with E-state index < -0.39 is 60.4 Å². The highest BCUT2D eigenvalue weighted by atomic mass is 17.1. The molecule has 0 amide bonds. The van der Waals surface area contributed by atoms with Crippen LogP contribution in [0.25, 0.3) is 0 Å². The quantitative estimate of drug-likeness (QED) is 0.0164. The van der Waals surface area contributed by atoms with Gasteiger partial charge in [0.05, 0.1) is 5.57 Å². The summed E-state index contributed by atoms with van der Waals surface area (Å²) in [5.41, 5.74) is 0.531. The SMILES string of the molecule is CCCCCCC(OC(=O)/C(C)=C(\OO)C(O)CCCCCC)C(=O)OC(C)C(=O)OC(CCCCCC)C(=O)OC(C)C(=O)OCc1ccccc1. The average Bonchev–Trinajstić information content (AvgIpc) is 3.15. The summed E-state index contributed by atoms with van der Waals surface area (Å²) in [5, 5.41) is 20.0. The van der Waals surface area contributed by atoms with Gasteiger partial charge < -0.3 is 33.7 Å². The summed E-state index contributed by atoms with van der Waals surface area (Å²) in [6, 6.07) is 8.99. The molecule has 5 atom stereocenters. The minimum Gasteiger partial charge on any atom is -0.458 e. The number of unbranched alkanes of at least 4 members (excludes halogenated alkanes) is 9. The van der Waals surface area contributed by atoms with Crippen LogP contribution in [0.2, 0.25) is 0 Å². The lowest BCUT2D eigenvalue weighted by molar-refractivity contribution is -0.218. The van der Waals surface area contributed by atoms with Gasteiger partial charge in [-0.25, -0.2) is 29.2 Å². The molecule has 0 radical (unpaired) electrons. The summed E-state index contributed by atoms with van der Waals surface area (Å²) < 4.78 is 26.9. The Bertz CT molecular complexity index is 1260. The second-order valence-corrected chi connectivity index (χ2v) is 13.2. The van der Waals surface area contributed by atoms with Crippen molar-refractivity contribution in [1.82, 2.24) is 0 Å². The Kier molecular flexibility index (Phi) is 24.5. The third-order valence-electron chi connectivity index (χ3n) is 8.55. The van der Waals surface area contributed by atoms with Gasteiger partial charge in [-0.2, -0.15) is 0 Å². The summed E-state index contributed by atoms with van der Waals surface area (Å²) in [6.07, 6.45) is 3.18. The smallest absolute Gasteiger partial charge is 0.348 e. The fraction of sp³-hybridized carbons (Fsp3) is 0.675. The predicted octanol–water partition coefficient (Wildman–Crippen LogP) is 7.45. The highest BCUT2D eigenvalue weighted by molar-refractivity contribution is 5.91. The Morgan fingerprint density at radius 2 is 1.08 bits per heavy atom. The van der Waals surface area contributed by atoms with Gasteiger partial charge in [0.15, 0.2) is 30.2 Å². The maximum Gasteiger partial charge on any atom is 0.348 e. The first kappa shape index (κ1) is 47.1. The molecule has 0 saturated carbocycles. The lowest BCUT2D eigenvalue weighted by atomic mass is 10.1. The molecule has 13 nitrogen and oxygen atoms in total. The van der Waals surface area contributed by atoms with Crippen molar-refractivity contribution in [3.8, 4) is 0 Å². The molecule has 0 aliphatic heterocycles. The van der Waals surface area contributed by atoms with Crippen molar-refractivity contribution in [1.29, 1.82) is 0 Å². The van der Waals surface area contributed by atoms with Gasteiger partial charge in [0.25, 0.3) is 0 Å². The van der Waals surface area contributed by atoms with Gasteiger partial charge in [-0.05, 0) is 58.4 Å². The summed E-state index contributed by atoms with van der Waals surface area (Å²) in [7, 11) is 0. The Morgan fingerprint density at radius 3 is 1.57 bits per heavy atom. The van der Waals surface area contributed by atoms with E-state index >= 15 is 0 Å². The zero-order chi connectivity index (χ0) is 39.6. The van der Waals surface area contributed by atoms with Crippen molar-refractivity contribution < 1.29 is 62.9 Å². The van der Waals surface area contributed by atoms with Gasteiger partial charge in [0, 0.05) is 0 Å². The number of carbonyl (C=O) groups is 5. The van der Waals surface area contributed by atoms with Crippen molar-refractivity contribution in [3.63, 3.8) is 0 Å². The molecule has 53 heavy (non-hydrogen) atoms. The molecular formula is C40H62O13. The maximum absolute atomic E-state index is 13.3. The van der Waals surface area contributed by atoms with E-state index in [4.69, 9.17) is 23.7 Å². The van der Waals surface area contributed by atoms with Crippen LogP contribution < -0.4 is 0 Å². The van der Waals surface area contributed by atoms with Crippen LogP contribution in [0.4, 0.5) is 0 Å². The number of hydrogen-bond acceptors (Lipinski definition) is 13. The second-order valence-electron chi connectivity index (χ2n) is 13.2. The van der Waals surface area contributed by atoms with E-state index in [1.54, 1.807) is 24.3 Å². The minimum absolute atomic E-state index is 0.0118. The molecule has 0 aliphatic carbocycles. The molecule has 0 bridgehead atoms. The summed E-state index contributed by atoms with van der Waals surface area (Å²) in [4.78, 5) is 69.6. The normalized spacial score (nSPS) is 14.4. The molecule has 1 aromatic rings. The van der Waals surface area contributed by atoms with Gasteiger partial charge in [0.2, 0.25) is 0 Å². The van der Waals surface area contributed by atoms with Crippen molar-refractivity contribution in [2.45, 2.75) is 175 Å². The predicted molar refractivity (Wildman–Crippen MR) is 196 cm³/mol. The van der Waals surface area contributed by atoms with Crippen LogP contribution in [0, 0.1) is 0 Å². The molecule has 0 aromatic heterocycles. The van der Waals surface area contributed by atoms with Gasteiger partial charge >= 0.3 is 29.8 Å². The van der Waals surface area contributed by atoms with Crippen LogP contribution in [-0.4, -0.2) is 70.7 Å². The fourth-order valence-electron chi connectivity index (χ4n) is 5.23. The number of aliphatic hydroxyl groups excluding tert-OH is 1. The first-order chi connectivity index (χ1) is 25.4. The lowest BCUT2D eigenvalue weighted by Crippen LogP contribution is -2.39. The van der Waals surface area contributed by atoms with E-state index in [2.05, 4.69) is 4.89 Å². The van der Waals surface area contributed by atoms with Gasteiger partial charge in [0.1, 0.15) is 12.7 Å². The van der Waals surface area contributed by atoms with Gasteiger partial charge in [-0.1, -0.05) is 115 Å². The number of rotatable bonds is 28. The topological polar surface area (TPSA) is 181 Å². The summed E-state index contributed by atoms with van der Waals surface area (Å²) in [5.74, 6) is -5.17. The van der Waals surface area contributed by atoms with Crippen molar-refractivity contribution >= 4 is 29.8 Å². The molecule has 0 spiro atoms. The number of esters is 5. The van der Waals surface area contributed by atoms with Gasteiger partial charge in [-0.3, -0.25) is 0 Å². The largest absolute Gasteiger partial charge is 0.458 e. The van der Waals surface area contributed by atoms with E-state index in [1.807, 2.05) is 26.8 Å². The van der Waals surface area contributed by atoms with E-state index in [0.29, 0.717) is 19.3 Å². The molecule has 2 N–H and O–H groups in total. The lowest BCUT2D eigenvalue weighted by Gasteiger charge is -2.23. The van der Waals surface area contributed by atoms with Crippen LogP contribution in [0.5, 0.6) is 0 Å².